The summed E-state index contributed by atoms with van der Waals surface area (Å²) in [5.41, 5.74) is 7.26. The Morgan fingerprint density at radius 3 is 2.48 bits per heavy atom. The van der Waals surface area contributed by atoms with E-state index in [2.05, 4.69) is 5.32 Å². The second-order valence-electron chi connectivity index (χ2n) is 5.11. The Morgan fingerprint density at radius 2 is 1.87 bits per heavy atom. The van der Waals surface area contributed by atoms with Crippen molar-refractivity contribution < 1.29 is 9.53 Å². The van der Waals surface area contributed by atoms with E-state index in [9.17, 15) is 4.79 Å². The smallest absolute Gasteiger partial charge is 0.244 e. The molecule has 0 spiro atoms. The predicted octanol–water partition coefficient (Wildman–Crippen LogP) is 3.45. The van der Waals surface area contributed by atoms with Crippen molar-refractivity contribution in [3.8, 4) is 0 Å². The molecule has 5 heteroatoms. The third-order valence-corrected chi connectivity index (χ3v) is 4.44. The van der Waals surface area contributed by atoms with Crippen molar-refractivity contribution >= 4 is 23.4 Å². The molecule has 0 aliphatic carbocycles. The largest absolute Gasteiger partial charge is 0.385 e. The number of carbonyl (C=O) groups excluding carboxylic acids is 1. The van der Waals surface area contributed by atoms with Gasteiger partial charge in [-0.05, 0) is 36.2 Å². The Hall–Kier alpha value is -1.98. The van der Waals surface area contributed by atoms with Crippen LogP contribution in [0.25, 0.3) is 0 Å². The Bertz CT molecular complexity index is 602. The van der Waals surface area contributed by atoms with E-state index < -0.39 is 11.9 Å². The topological polar surface area (TPSA) is 64.3 Å². The van der Waals surface area contributed by atoms with E-state index in [1.54, 1.807) is 18.9 Å². The molecule has 0 aliphatic rings. The highest BCUT2D eigenvalue weighted by Gasteiger charge is 2.16. The molecule has 0 fully saturated rings. The molecule has 4 nitrogen and oxygen atoms in total. The Kier molecular flexibility index (Phi) is 6.97. The minimum Gasteiger partial charge on any atom is -0.385 e. The molecule has 0 heterocycles. The van der Waals surface area contributed by atoms with Crippen molar-refractivity contribution in [2.75, 3.05) is 24.8 Å². The maximum absolute atomic E-state index is 11.7. The van der Waals surface area contributed by atoms with Crippen LogP contribution in [0.15, 0.2) is 59.5 Å². The van der Waals surface area contributed by atoms with Crippen molar-refractivity contribution in [1.82, 2.24) is 0 Å². The van der Waals surface area contributed by atoms with Gasteiger partial charge in [0.15, 0.2) is 0 Å². The number of primary amides is 1. The van der Waals surface area contributed by atoms with Gasteiger partial charge in [0, 0.05) is 30.1 Å². The van der Waals surface area contributed by atoms with E-state index in [0.717, 1.165) is 30.0 Å². The Morgan fingerprint density at radius 1 is 1.17 bits per heavy atom. The second kappa shape index (κ2) is 9.22. The van der Waals surface area contributed by atoms with Gasteiger partial charge in [-0.15, -0.1) is 11.8 Å². The van der Waals surface area contributed by atoms with E-state index in [4.69, 9.17) is 10.5 Å². The molecule has 23 heavy (non-hydrogen) atoms. The van der Waals surface area contributed by atoms with Crippen LogP contribution in [0.2, 0.25) is 0 Å². The third-order valence-electron chi connectivity index (χ3n) is 3.34. The normalized spacial score (nSPS) is 11.9. The molecule has 2 aromatic carbocycles. The zero-order valence-electron chi connectivity index (χ0n) is 13.2. The quantitative estimate of drug-likeness (QED) is 0.546. The van der Waals surface area contributed by atoms with Crippen LogP contribution in [0.4, 0.5) is 5.69 Å². The average Bonchev–Trinajstić information content (AvgIpc) is 2.58. The summed E-state index contributed by atoms with van der Waals surface area (Å²) < 4.78 is 5.04. The lowest BCUT2D eigenvalue weighted by molar-refractivity contribution is -0.118. The van der Waals surface area contributed by atoms with Crippen LogP contribution >= 0.6 is 11.8 Å². The highest BCUT2D eigenvalue weighted by atomic mass is 32.2. The van der Waals surface area contributed by atoms with Crippen molar-refractivity contribution in [3.05, 3.63) is 60.2 Å². The fourth-order valence-electron chi connectivity index (χ4n) is 2.17. The molecular formula is C18H22N2O2S. The van der Waals surface area contributed by atoms with Gasteiger partial charge in [0.05, 0.1) is 0 Å². The highest BCUT2D eigenvalue weighted by molar-refractivity contribution is 7.99. The standard InChI is InChI=1S/C18H22N2O2S/c1-22-12-5-13-23-16-10-8-15(9-11-16)20-17(18(19)21)14-6-3-2-4-7-14/h2-4,6-11,17,20H,5,12-13H2,1H3,(H2,19,21). The molecule has 3 N–H and O–H groups in total. The van der Waals surface area contributed by atoms with E-state index in [1.165, 1.54) is 4.90 Å². The van der Waals surface area contributed by atoms with E-state index in [-0.39, 0.29) is 0 Å². The average molecular weight is 330 g/mol. The summed E-state index contributed by atoms with van der Waals surface area (Å²) in [7, 11) is 1.72. The summed E-state index contributed by atoms with van der Waals surface area (Å²) in [4.78, 5) is 12.9. The van der Waals surface area contributed by atoms with Gasteiger partial charge in [-0.1, -0.05) is 30.3 Å². The van der Waals surface area contributed by atoms with Gasteiger partial charge in [0.25, 0.3) is 0 Å². The highest BCUT2D eigenvalue weighted by Crippen LogP contribution is 2.24. The van der Waals surface area contributed by atoms with Crippen molar-refractivity contribution in [1.29, 1.82) is 0 Å². The van der Waals surface area contributed by atoms with Crippen LogP contribution in [-0.2, 0) is 9.53 Å². The zero-order chi connectivity index (χ0) is 16.5. The maximum atomic E-state index is 11.7. The van der Waals surface area contributed by atoms with Gasteiger partial charge in [-0.3, -0.25) is 4.79 Å². The van der Waals surface area contributed by atoms with Gasteiger partial charge in [0.2, 0.25) is 5.91 Å². The maximum Gasteiger partial charge on any atom is 0.244 e. The molecule has 1 unspecified atom stereocenters. The van der Waals surface area contributed by atoms with Crippen molar-refractivity contribution in [2.24, 2.45) is 5.73 Å². The SMILES string of the molecule is COCCCSc1ccc(NC(C(N)=O)c2ccccc2)cc1. The molecule has 0 bridgehead atoms. The van der Waals surface area contributed by atoms with Gasteiger partial charge in [-0.2, -0.15) is 0 Å². The van der Waals surface area contributed by atoms with Crippen LogP contribution in [0.1, 0.15) is 18.0 Å². The van der Waals surface area contributed by atoms with Crippen molar-refractivity contribution in [2.45, 2.75) is 17.4 Å². The van der Waals surface area contributed by atoms with Crippen LogP contribution in [0, 0.1) is 0 Å². The number of rotatable bonds is 9. The fourth-order valence-corrected chi connectivity index (χ4v) is 3.00. The summed E-state index contributed by atoms with van der Waals surface area (Å²) in [6, 6.07) is 17.0. The number of ether oxygens (including phenoxy) is 1. The van der Waals surface area contributed by atoms with Crippen LogP contribution in [0.5, 0.6) is 0 Å². The number of thioether (sulfide) groups is 1. The number of methoxy groups -OCH3 is 1. The van der Waals surface area contributed by atoms with Gasteiger partial charge >= 0.3 is 0 Å². The molecule has 122 valence electrons. The summed E-state index contributed by atoms with van der Waals surface area (Å²) in [5.74, 6) is 0.628. The monoisotopic (exact) mass is 330 g/mol. The second-order valence-corrected chi connectivity index (χ2v) is 6.28. The van der Waals surface area contributed by atoms with Crippen LogP contribution in [0.3, 0.4) is 0 Å². The number of nitrogens with one attached hydrogen (secondary N) is 1. The van der Waals surface area contributed by atoms with Crippen molar-refractivity contribution in [3.63, 3.8) is 0 Å². The lowest BCUT2D eigenvalue weighted by Crippen LogP contribution is -2.27. The number of amides is 1. The molecule has 0 aliphatic heterocycles. The number of anilines is 1. The first-order valence-electron chi connectivity index (χ1n) is 7.53. The molecule has 0 radical (unpaired) electrons. The Balaban J connectivity index is 1.97. The first kappa shape index (κ1) is 17.4. The van der Waals surface area contributed by atoms with E-state index in [0.29, 0.717) is 0 Å². The van der Waals surface area contributed by atoms with Gasteiger partial charge < -0.3 is 15.8 Å². The molecule has 1 atom stereocenters. The number of benzene rings is 2. The third kappa shape index (κ3) is 5.62. The van der Waals surface area contributed by atoms with Crippen LogP contribution < -0.4 is 11.1 Å². The van der Waals surface area contributed by atoms with E-state index in [1.807, 2.05) is 54.6 Å². The number of hydrogen-bond acceptors (Lipinski definition) is 4. The molecule has 2 aromatic rings. The minimum atomic E-state index is -0.531. The van der Waals surface area contributed by atoms with E-state index >= 15 is 0 Å². The summed E-state index contributed by atoms with van der Waals surface area (Å²) in [6.45, 7) is 0.782. The predicted molar refractivity (Wildman–Crippen MR) is 95.7 cm³/mol. The first-order chi connectivity index (χ1) is 11.2. The molecular weight excluding hydrogens is 308 g/mol. The van der Waals surface area contributed by atoms with Gasteiger partial charge in [0.1, 0.15) is 6.04 Å². The molecule has 0 aromatic heterocycles. The van der Waals surface area contributed by atoms with Crippen LogP contribution in [-0.4, -0.2) is 25.4 Å². The molecule has 1 amide bonds. The number of carbonyl (C=O) groups is 1. The summed E-state index contributed by atoms with van der Waals surface area (Å²) in [5, 5.41) is 3.19. The lowest BCUT2D eigenvalue weighted by atomic mass is 10.1. The number of hydrogen-bond donors (Lipinski definition) is 2. The fraction of sp³-hybridized carbons (Fsp3) is 0.278. The first-order valence-corrected chi connectivity index (χ1v) is 8.52. The number of nitrogens with two attached hydrogens (primary N) is 1. The molecule has 0 saturated heterocycles. The molecule has 0 saturated carbocycles. The van der Waals surface area contributed by atoms with Gasteiger partial charge in [-0.25, -0.2) is 0 Å². The summed E-state index contributed by atoms with van der Waals surface area (Å²) in [6.07, 6.45) is 1.03. The molecule has 2 rings (SSSR count). The summed E-state index contributed by atoms with van der Waals surface area (Å²) >= 11 is 1.79. The Labute approximate surface area is 141 Å². The zero-order valence-corrected chi connectivity index (χ0v) is 14.0. The lowest BCUT2D eigenvalue weighted by Gasteiger charge is -2.17. The minimum absolute atomic E-state index is 0.394.